The van der Waals surface area contributed by atoms with E-state index >= 15 is 0 Å². The van der Waals surface area contributed by atoms with Crippen LogP contribution >= 0.6 is 11.6 Å². The van der Waals surface area contributed by atoms with Crippen LogP contribution in [0.15, 0.2) is 23.0 Å². The summed E-state index contributed by atoms with van der Waals surface area (Å²) in [6.07, 6.45) is 2.18. The van der Waals surface area contributed by atoms with Gasteiger partial charge in [-0.15, -0.1) is 0 Å². The van der Waals surface area contributed by atoms with Gasteiger partial charge >= 0.3 is 0 Å². The minimum atomic E-state index is -0.228. The standard InChI is InChI=1S/C16H19ClN4O2/c17-11-2-1-3-12-13(11)16(22)21(20-6-8-23-9-7-20)15(19-12)14(18)10-4-5-10/h1-3,10,14H,4-9,18H2/t14-/m0/s1. The van der Waals surface area contributed by atoms with Gasteiger partial charge < -0.3 is 15.5 Å². The second-order valence-corrected chi connectivity index (χ2v) is 6.56. The highest BCUT2D eigenvalue weighted by Crippen LogP contribution is 2.39. The second kappa shape index (κ2) is 5.78. The molecule has 0 unspecified atom stereocenters. The molecule has 23 heavy (non-hydrogen) atoms. The van der Waals surface area contributed by atoms with Crippen LogP contribution in [0.4, 0.5) is 0 Å². The fourth-order valence-electron chi connectivity index (χ4n) is 3.11. The third-order valence-corrected chi connectivity index (χ3v) is 4.86. The van der Waals surface area contributed by atoms with Crippen LogP contribution in [-0.4, -0.2) is 36.0 Å². The van der Waals surface area contributed by atoms with Gasteiger partial charge in [-0.25, -0.2) is 9.66 Å². The number of halogens is 1. The lowest BCUT2D eigenvalue weighted by Crippen LogP contribution is -2.51. The average Bonchev–Trinajstić information content (AvgIpc) is 3.39. The SMILES string of the molecule is N[C@H](c1nc2cccc(Cl)c2c(=O)n1N1CCOCC1)C1CC1. The topological polar surface area (TPSA) is 73.4 Å². The molecule has 1 aliphatic carbocycles. The maximum atomic E-state index is 13.1. The molecule has 2 heterocycles. The summed E-state index contributed by atoms with van der Waals surface area (Å²) in [6, 6.07) is 5.11. The van der Waals surface area contributed by atoms with E-state index in [4.69, 9.17) is 27.1 Å². The molecule has 2 aromatic rings. The molecule has 0 spiro atoms. The van der Waals surface area contributed by atoms with Crippen molar-refractivity contribution >= 4 is 22.5 Å². The van der Waals surface area contributed by atoms with E-state index in [0.717, 1.165) is 12.8 Å². The number of fused-ring (bicyclic) bond motifs is 1. The summed E-state index contributed by atoms with van der Waals surface area (Å²) >= 11 is 6.25. The van der Waals surface area contributed by atoms with Gasteiger partial charge in [0.15, 0.2) is 0 Å². The maximum Gasteiger partial charge on any atom is 0.281 e. The molecule has 1 aliphatic heterocycles. The molecule has 1 atom stereocenters. The predicted molar refractivity (Wildman–Crippen MR) is 89.4 cm³/mol. The zero-order valence-corrected chi connectivity index (χ0v) is 13.5. The monoisotopic (exact) mass is 334 g/mol. The Kier molecular flexibility index (Phi) is 3.75. The van der Waals surface area contributed by atoms with Gasteiger partial charge in [-0.2, -0.15) is 0 Å². The molecule has 0 radical (unpaired) electrons. The van der Waals surface area contributed by atoms with Crippen molar-refractivity contribution < 1.29 is 4.74 Å². The van der Waals surface area contributed by atoms with E-state index in [0.29, 0.717) is 54.0 Å². The second-order valence-electron chi connectivity index (χ2n) is 6.15. The smallest absolute Gasteiger partial charge is 0.281 e. The van der Waals surface area contributed by atoms with Crippen molar-refractivity contribution in [2.45, 2.75) is 18.9 Å². The first-order valence-corrected chi connectivity index (χ1v) is 8.34. The van der Waals surface area contributed by atoms with Crippen molar-refractivity contribution in [3.63, 3.8) is 0 Å². The van der Waals surface area contributed by atoms with E-state index in [9.17, 15) is 4.79 Å². The molecule has 1 saturated carbocycles. The molecule has 0 bridgehead atoms. The van der Waals surface area contributed by atoms with E-state index in [1.165, 1.54) is 0 Å². The molecule has 6 nitrogen and oxygen atoms in total. The molecular weight excluding hydrogens is 316 g/mol. The number of nitrogens with zero attached hydrogens (tertiary/aromatic N) is 3. The first kappa shape index (κ1) is 14.9. The Bertz CT molecular complexity index is 797. The molecule has 2 N–H and O–H groups in total. The van der Waals surface area contributed by atoms with Crippen LogP contribution in [-0.2, 0) is 4.74 Å². The highest BCUT2D eigenvalue weighted by Gasteiger charge is 2.34. The number of hydrogen-bond acceptors (Lipinski definition) is 5. The molecule has 4 rings (SSSR count). The van der Waals surface area contributed by atoms with Crippen LogP contribution in [0.2, 0.25) is 5.02 Å². The van der Waals surface area contributed by atoms with Crippen molar-refractivity contribution in [1.82, 2.24) is 9.66 Å². The quantitative estimate of drug-likeness (QED) is 0.919. The highest BCUT2D eigenvalue weighted by molar-refractivity contribution is 6.35. The van der Waals surface area contributed by atoms with Gasteiger partial charge in [0.25, 0.3) is 5.56 Å². The number of benzene rings is 1. The Balaban J connectivity index is 1.95. The first-order chi connectivity index (χ1) is 11.2. The summed E-state index contributed by atoms with van der Waals surface area (Å²) < 4.78 is 7.04. The van der Waals surface area contributed by atoms with Crippen LogP contribution < -0.4 is 16.3 Å². The van der Waals surface area contributed by atoms with Gasteiger partial charge in [0.05, 0.1) is 48.3 Å². The van der Waals surface area contributed by atoms with Gasteiger partial charge in [0, 0.05) is 0 Å². The average molecular weight is 335 g/mol. The minimum absolute atomic E-state index is 0.145. The van der Waals surface area contributed by atoms with Crippen LogP contribution in [0.25, 0.3) is 10.9 Å². The highest BCUT2D eigenvalue weighted by atomic mass is 35.5. The van der Waals surface area contributed by atoms with Crippen molar-refractivity contribution in [3.8, 4) is 0 Å². The lowest BCUT2D eigenvalue weighted by atomic mass is 10.1. The molecule has 122 valence electrons. The van der Waals surface area contributed by atoms with Gasteiger partial charge in [-0.3, -0.25) is 4.79 Å². The van der Waals surface area contributed by atoms with Crippen LogP contribution in [0.3, 0.4) is 0 Å². The third-order valence-electron chi connectivity index (χ3n) is 4.55. The Labute approximate surface area is 138 Å². The van der Waals surface area contributed by atoms with Gasteiger partial charge in [0.2, 0.25) is 0 Å². The number of nitrogens with two attached hydrogens (primary N) is 1. The van der Waals surface area contributed by atoms with E-state index < -0.39 is 0 Å². The van der Waals surface area contributed by atoms with Gasteiger partial charge in [0.1, 0.15) is 5.82 Å². The number of ether oxygens (including phenoxy) is 1. The van der Waals surface area contributed by atoms with Crippen LogP contribution in [0.1, 0.15) is 24.7 Å². The van der Waals surface area contributed by atoms with Crippen molar-refractivity contribution in [2.75, 3.05) is 31.3 Å². The summed E-state index contributed by atoms with van der Waals surface area (Å²) in [7, 11) is 0. The minimum Gasteiger partial charge on any atom is -0.378 e. The number of aromatic nitrogens is 2. The van der Waals surface area contributed by atoms with Crippen molar-refractivity contribution in [1.29, 1.82) is 0 Å². The molecule has 1 saturated heterocycles. The number of rotatable bonds is 3. The fourth-order valence-corrected chi connectivity index (χ4v) is 3.36. The van der Waals surface area contributed by atoms with Crippen LogP contribution in [0, 0.1) is 5.92 Å². The third kappa shape index (κ3) is 2.60. The molecule has 2 aliphatic rings. The first-order valence-electron chi connectivity index (χ1n) is 7.96. The molecule has 2 fully saturated rings. The van der Waals surface area contributed by atoms with Crippen molar-refractivity contribution in [3.05, 3.63) is 39.4 Å². The number of hydrogen-bond donors (Lipinski definition) is 1. The molecule has 7 heteroatoms. The zero-order chi connectivity index (χ0) is 16.0. The van der Waals surface area contributed by atoms with E-state index in [1.54, 1.807) is 10.7 Å². The number of morpholine rings is 1. The molecular formula is C16H19ClN4O2. The summed E-state index contributed by atoms with van der Waals surface area (Å²) in [5.74, 6) is 1.04. The predicted octanol–water partition coefficient (Wildman–Crippen LogP) is 1.43. The fraction of sp³-hybridized carbons (Fsp3) is 0.500. The summed E-state index contributed by atoms with van der Waals surface area (Å²) in [6.45, 7) is 2.46. The summed E-state index contributed by atoms with van der Waals surface area (Å²) in [5.41, 5.74) is 6.86. The molecule has 1 aromatic carbocycles. The lowest BCUT2D eigenvalue weighted by molar-refractivity contribution is 0.109. The Morgan fingerprint density at radius 3 is 2.74 bits per heavy atom. The van der Waals surface area contributed by atoms with Crippen molar-refractivity contribution in [2.24, 2.45) is 11.7 Å². The van der Waals surface area contributed by atoms with Crippen LogP contribution in [0.5, 0.6) is 0 Å². The van der Waals surface area contributed by atoms with E-state index in [-0.39, 0.29) is 11.6 Å². The van der Waals surface area contributed by atoms with E-state index in [2.05, 4.69) is 0 Å². The van der Waals surface area contributed by atoms with E-state index in [1.807, 2.05) is 17.1 Å². The maximum absolute atomic E-state index is 13.1. The molecule has 1 aromatic heterocycles. The lowest BCUT2D eigenvalue weighted by Gasteiger charge is -2.33. The Morgan fingerprint density at radius 1 is 1.30 bits per heavy atom. The normalized spacial score (nSPS) is 20.0. The van der Waals surface area contributed by atoms with Gasteiger partial charge in [-0.1, -0.05) is 17.7 Å². The van der Waals surface area contributed by atoms with Gasteiger partial charge in [-0.05, 0) is 30.9 Å². The summed E-state index contributed by atoms with van der Waals surface area (Å²) in [5, 5.41) is 2.85. The largest absolute Gasteiger partial charge is 0.378 e. The Hall–Kier alpha value is -1.63. The Morgan fingerprint density at radius 2 is 2.04 bits per heavy atom. The summed E-state index contributed by atoms with van der Waals surface area (Å²) in [4.78, 5) is 17.8. The zero-order valence-electron chi connectivity index (χ0n) is 12.7. The molecule has 0 amide bonds.